The molecule has 2 heteroatoms. The van der Waals surface area contributed by atoms with Crippen molar-refractivity contribution in [3.63, 3.8) is 0 Å². The fourth-order valence-corrected chi connectivity index (χ4v) is 4.01. The van der Waals surface area contributed by atoms with Gasteiger partial charge in [-0.3, -0.25) is 4.90 Å². The average Bonchev–Trinajstić information content (AvgIpc) is 3.26. The molecule has 0 N–H and O–H groups in total. The molecule has 3 rings (SSSR count). The van der Waals surface area contributed by atoms with Crippen LogP contribution in [0.1, 0.15) is 65.7 Å². The second-order valence-corrected chi connectivity index (χ2v) is 8.55. The molecule has 0 bridgehead atoms. The van der Waals surface area contributed by atoms with Gasteiger partial charge in [-0.2, -0.15) is 5.26 Å². The lowest BCUT2D eigenvalue weighted by Crippen LogP contribution is -2.47. The van der Waals surface area contributed by atoms with Gasteiger partial charge in [0.2, 0.25) is 0 Å². The molecule has 3 unspecified atom stereocenters. The van der Waals surface area contributed by atoms with Gasteiger partial charge in [0.05, 0.1) is 12.0 Å². The molecule has 0 spiro atoms. The number of hydrogen-bond acceptors (Lipinski definition) is 2. The molecule has 3 atom stereocenters. The van der Waals surface area contributed by atoms with Crippen molar-refractivity contribution in [3.05, 3.63) is 0 Å². The van der Waals surface area contributed by atoms with E-state index in [4.69, 9.17) is 0 Å². The highest BCUT2D eigenvalue weighted by Crippen LogP contribution is 2.45. The molecule has 0 heterocycles. The van der Waals surface area contributed by atoms with E-state index < -0.39 is 0 Å². The van der Waals surface area contributed by atoms with Crippen LogP contribution in [0.2, 0.25) is 0 Å². The lowest BCUT2D eigenvalue weighted by atomic mass is 9.67. The minimum atomic E-state index is 0.285. The maximum Gasteiger partial charge on any atom is 0.0672 e. The summed E-state index contributed by atoms with van der Waals surface area (Å²) in [5.41, 5.74) is 0.396. The third-order valence-electron chi connectivity index (χ3n) is 5.81. The van der Waals surface area contributed by atoms with Crippen LogP contribution < -0.4 is 0 Å². The smallest absolute Gasteiger partial charge is 0.0672 e. The minimum Gasteiger partial charge on any atom is -0.296 e. The Morgan fingerprint density at radius 3 is 2.25 bits per heavy atom. The maximum atomic E-state index is 9.57. The maximum absolute atomic E-state index is 9.57. The van der Waals surface area contributed by atoms with Gasteiger partial charge in [-0.25, -0.2) is 0 Å². The van der Waals surface area contributed by atoms with E-state index in [1.807, 2.05) is 0 Å². The molecular formula is C18H30N2. The van der Waals surface area contributed by atoms with Crippen LogP contribution in [0.4, 0.5) is 0 Å². The van der Waals surface area contributed by atoms with Crippen LogP contribution in [-0.2, 0) is 0 Å². The van der Waals surface area contributed by atoms with Crippen molar-refractivity contribution in [2.45, 2.75) is 77.8 Å². The zero-order valence-electron chi connectivity index (χ0n) is 13.4. The van der Waals surface area contributed by atoms with Crippen molar-refractivity contribution >= 4 is 0 Å². The van der Waals surface area contributed by atoms with Crippen LogP contribution in [0, 0.1) is 34.5 Å². The van der Waals surface area contributed by atoms with E-state index in [2.05, 4.69) is 31.7 Å². The zero-order valence-corrected chi connectivity index (χ0v) is 13.4. The standard InChI is InChI=1S/C18H30N2/c1-18(2,3)15-7-6-14(11-19)17(10-15)20(16-8-9-16)12-13-4-5-13/h13-17H,4-10,12H2,1-3H3. The highest BCUT2D eigenvalue weighted by molar-refractivity contribution is 5.03. The van der Waals surface area contributed by atoms with Crippen LogP contribution in [0.3, 0.4) is 0 Å². The summed E-state index contributed by atoms with van der Waals surface area (Å²) in [6.07, 6.45) is 9.23. The van der Waals surface area contributed by atoms with Crippen LogP contribution in [0.5, 0.6) is 0 Å². The van der Waals surface area contributed by atoms with E-state index >= 15 is 0 Å². The van der Waals surface area contributed by atoms with Crippen molar-refractivity contribution in [1.82, 2.24) is 4.90 Å². The first kappa shape index (κ1) is 14.4. The second-order valence-electron chi connectivity index (χ2n) is 8.55. The molecule has 3 aliphatic carbocycles. The van der Waals surface area contributed by atoms with E-state index in [0.29, 0.717) is 11.5 Å². The van der Waals surface area contributed by atoms with Crippen molar-refractivity contribution in [1.29, 1.82) is 5.26 Å². The van der Waals surface area contributed by atoms with E-state index in [9.17, 15) is 5.26 Å². The summed E-state index contributed by atoms with van der Waals surface area (Å²) in [5.74, 6) is 2.02. The van der Waals surface area contributed by atoms with E-state index in [0.717, 1.165) is 24.3 Å². The Balaban J connectivity index is 1.73. The highest BCUT2D eigenvalue weighted by Gasteiger charge is 2.44. The molecule has 0 saturated heterocycles. The van der Waals surface area contributed by atoms with Gasteiger partial charge in [0, 0.05) is 18.6 Å². The lowest BCUT2D eigenvalue weighted by molar-refractivity contribution is 0.0524. The fraction of sp³-hybridized carbons (Fsp3) is 0.944. The van der Waals surface area contributed by atoms with Gasteiger partial charge in [-0.15, -0.1) is 0 Å². The van der Waals surface area contributed by atoms with Gasteiger partial charge >= 0.3 is 0 Å². The molecule has 3 fully saturated rings. The van der Waals surface area contributed by atoms with Crippen LogP contribution in [0.25, 0.3) is 0 Å². The Kier molecular flexibility index (Phi) is 3.84. The number of nitriles is 1. The largest absolute Gasteiger partial charge is 0.296 e. The predicted octanol–water partition coefficient (Wildman–Crippen LogP) is 4.22. The quantitative estimate of drug-likeness (QED) is 0.767. The first-order valence-electron chi connectivity index (χ1n) is 8.64. The number of nitrogens with zero attached hydrogens (tertiary/aromatic N) is 2. The van der Waals surface area contributed by atoms with E-state index in [1.54, 1.807) is 0 Å². The third-order valence-corrected chi connectivity index (χ3v) is 5.81. The van der Waals surface area contributed by atoms with Crippen LogP contribution in [-0.4, -0.2) is 23.5 Å². The molecule has 0 amide bonds. The summed E-state index contributed by atoms with van der Waals surface area (Å²) in [4.78, 5) is 2.77. The first-order valence-corrected chi connectivity index (χ1v) is 8.64. The monoisotopic (exact) mass is 274 g/mol. The van der Waals surface area contributed by atoms with Crippen LogP contribution >= 0.6 is 0 Å². The van der Waals surface area contributed by atoms with Crippen LogP contribution in [0.15, 0.2) is 0 Å². The van der Waals surface area contributed by atoms with Crippen molar-refractivity contribution in [2.24, 2.45) is 23.2 Å². The van der Waals surface area contributed by atoms with Crippen molar-refractivity contribution in [3.8, 4) is 6.07 Å². The first-order chi connectivity index (χ1) is 9.49. The fourth-order valence-electron chi connectivity index (χ4n) is 4.01. The molecule has 0 aromatic heterocycles. The zero-order chi connectivity index (χ0) is 14.3. The van der Waals surface area contributed by atoms with Gasteiger partial charge in [0.15, 0.2) is 0 Å². The summed E-state index contributed by atoms with van der Waals surface area (Å²) >= 11 is 0. The van der Waals surface area contributed by atoms with Crippen molar-refractivity contribution < 1.29 is 0 Å². The molecule has 20 heavy (non-hydrogen) atoms. The molecule has 3 saturated carbocycles. The van der Waals surface area contributed by atoms with Gasteiger partial charge in [0.25, 0.3) is 0 Å². The van der Waals surface area contributed by atoms with Gasteiger partial charge in [-0.1, -0.05) is 20.8 Å². The Morgan fingerprint density at radius 1 is 1.05 bits per heavy atom. The summed E-state index contributed by atoms with van der Waals surface area (Å²) in [5, 5.41) is 9.57. The Hall–Kier alpha value is -0.550. The summed E-state index contributed by atoms with van der Waals surface area (Å²) in [6, 6.07) is 4.00. The third kappa shape index (κ3) is 3.19. The van der Waals surface area contributed by atoms with E-state index in [-0.39, 0.29) is 5.92 Å². The highest BCUT2D eigenvalue weighted by atomic mass is 15.2. The number of hydrogen-bond donors (Lipinski definition) is 0. The normalized spacial score (nSPS) is 35.0. The molecule has 112 valence electrons. The van der Waals surface area contributed by atoms with Gasteiger partial charge in [-0.05, 0) is 62.2 Å². The van der Waals surface area contributed by atoms with E-state index in [1.165, 1.54) is 45.1 Å². The minimum absolute atomic E-state index is 0.285. The molecule has 0 aromatic carbocycles. The lowest BCUT2D eigenvalue weighted by Gasteiger charge is -2.44. The van der Waals surface area contributed by atoms with Gasteiger partial charge in [0.1, 0.15) is 0 Å². The molecule has 2 nitrogen and oxygen atoms in total. The summed E-state index contributed by atoms with van der Waals surface area (Å²) in [7, 11) is 0. The predicted molar refractivity (Wildman–Crippen MR) is 82.1 cm³/mol. The SMILES string of the molecule is CC(C)(C)C1CCC(C#N)C(N(CC2CC2)C2CC2)C1. The topological polar surface area (TPSA) is 27.0 Å². The van der Waals surface area contributed by atoms with Gasteiger partial charge < -0.3 is 0 Å². The molecule has 0 aromatic rings. The molecule has 3 aliphatic rings. The Bertz CT molecular complexity index is 381. The second kappa shape index (κ2) is 5.34. The average molecular weight is 274 g/mol. The molecule has 0 aliphatic heterocycles. The molecule has 0 radical (unpaired) electrons. The molecular weight excluding hydrogens is 244 g/mol. The number of rotatable bonds is 4. The van der Waals surface area contributed by atoms with Crippen molar-refractivity contribution in [2.75, 3.05) is 6.54 Å². The summed E-state index contributed by atoms with van der Waals surface area (Å²) in [6.45, 7) is 8.42. The summed E-state index contributed by atoms with van der Waals surface area (Å²) < 4.78 is 0. The Labute approximate surface area is 124 Å². The Morgan fingerprint density at radius 2 is 1.75 bits per heavy atom.